The summed E-state index contributed by atoms with van der Waals surface area (Å²) < 4.78 is 15.3. The molecule has 0 aliphatic heterocycles. The number of amides is 1. The van der Waals surface area contributed by atoms with Gasteiger partial charge in [0.05, 0.1) is 19.8 Å². The molecule has 116 valence electrons. The Bertz CT molecular complexity index is 491. The van der Waals surface area contributed by atoms with E-state index in [1.54, 1.807) is 6.07 Å². The van der Waals surface area contributed by atoms with Crippen molar-refractivity contribution in [2.24, 2.45) is 0 Å². The van der Waals surface area contributed by atoms with Crippen LogP contribution in [0.15, 0.2) is 18.2 Å². The third-order valence-electron chi connectivity index (χ3n) is 2.67. The molecule has 21 heavy (non-hydrogen) atoms. The second-order valence-corrected chi connectivity index (χ2v) is 4.81. The van der Waals surface area contributed by atoms with E-state index in [1.165, 1.54) is 33.3 Å². The van der Waals surface area contributed by atoms with Crippen LogP contribution in [-0.4, -0.2) is 38.2 Å². The normalized spacial score (nSPS) is 11.7. The first-order valence-corrected chi connectivity index (χ1v) is 6.61. The van der Waals surface area contributed by atoms with E-state index in [2.05, 4.69) is 5.32 Å². The molecule has 0 saturated heterocycles. The number of benzene rings is 1. The van der Waals surface area contributed by atoms with E-state index >= 15 is 0 Å². The zero-order chi connectivity index (χ0) is 16.0. The van der Waals surface area contributed by atoms with E-state index in [-0.39, 0.29) is 17.5 Å². The molecule has 0 bridgehead atoms. The number of nitrogens with one attached hydrogen (secondary N) is 1. The molecule has 1 unspecified atom stereocenters. The quantitative estimate of drug-likeness (QED) is 0.810. The van der Waals surface area contributed by atoms with Gasteiger partial charge in [-0.2, -0.15) is 0 Å². The van der Waals surface area contributed by atoms with Crippen molar-refractivity contribution in [3.8, 4) is 11.5 Å². The standard InChI is InChI=1S/C15H21NO5/c1-9(2)16-14(17)10(3)21-15(18)11-6-12(19-4)8-13(7-11)20-5/h6-10H,1-5H3,(H,16,17). The molecule has 0 aliphatic rings. The number of hydrogen-bond donors (Lipinski definition) is 1. The molecule has 0 radical (unpaired) electrons. The predicted octanol–water partition coefficient (Wildman–Crippen LogP) is 1.77. The Balaban J connectivity index is 2.81. The molecule has 0 saturated carbocycles. The molecule has 0 aliphatic carbocycles. The van der Waals surface area contributed by atoms with Crippen LogP contribution < -0.4 is 14.8 Å². The molecule has 1 N–H and O–H groups in total. The van der Waals surface area contributed by atoms with Crippen molar-refractivity contribution < 1.29 is 23.8 Å². The third-order valence-corrected chi connectivity index (χ3v) is 2.67. The minimum atomic E-state index is -0.878. The number of ether oxygens (including phenoxy) is 3. The molecule has 0 fully saturated rings. The Hall–Kier alpha value is -2.24. The Labute approximate surface area is 124 Å². The van der Waals surface area contributed by atoms with Gasteiger partial charge in [0.2, 0.25) is 0 Å². The average molecular weight is 295 g/mol. The van der Waals surface area contributed by atoms with Gasteiger partial charge in [0.15, 0.2) is 6.10 Å². The molecular weight excluding hydrogens is 274 g/mol. The lowest BCUT2D eigenvalue weighted by Crippen LogP contribution is -2.39. The van der Waals surface area contributed by atoms with Gasteiger partial charge in [0.1, 0.15) is 11.5 Å². The molecule has 1 aromatic carbocycles. The van der Waals surface area contributed by atoms with Gasteiger partial charge >= 0.3 is 5.97 Å². The van der Waals surface area contributed by atoms with Gasteiger partial charge in [-0.15, -0.1) is 0 Å². The Morgan fingerprint density at radius 1 is 1.00 bits per heavy atom. The number of rotatable bonds is 6. The highest BCUT2D eigenvalue weighted by atomic mass is 16.5. The first-order chi connectivity index (χ1) is 9.87. The first kappa shape index (κ1) is 16.8. The number of methoxy groups -OCH3 is 2. The maximum atomic E-state index is 12.1. The van der Waals surface area contributed by atoms with Gasteiger partial charge in [-0.25, -0.2) is 4.79 Å². The van der Waals surface area contributed by atoms with Crippen LogP contribution in [0.3, 0.4) is 0 Å². The molecule has 1 rings (SSSR count). The zero-order valence-electron chi connectivity index (χ0n) is 12.9. The van der Waals surface area contributed by atoms with Crippen molar-refractivity contribution in [1.29, 1.82) is 0 Å². The van der Waals surface area contributed by atoms with E-state index in [0.29, 0.717) is 11.5 Å². The van der Waals surface area contributed by atoms with Crippen LogP contribution in [0.25, 0.3) is 0 Å². The van der Waals surface area contributed by atoms with Gasteiger partial charge in [0, 0.05) is 12.1 Å². The summed E-state index contributed by atoms with van der Waals surface area (Å²) in [6.45, 7) is 5.19. The van der Waals surface area contributed by atoms with E-state index < -0.39 is 12.1 Å². The van der Waals surface area contributed by atoms with Crippen molar-refractivity contribution in [2.45, 2.75) is 32.9 Å². The summed E-state index contributed by atoms with van der Waals surface area (Å²) in [7, 11) is 2.98. The molecule has 1 amide bonds. The summed E-state index contributed by atoms with van der Waals surface area (Å²) in [6.07, 6.45) is -0.878. The maximum Gasteiger partial charge on any atom is 0.339 e. The molecule has 1 aromatic rings. The zero-order valence-corrected chi connectivity index (χ0v) is 12.9. The summed E-state index contributed by atoms with van der Waals surface area (Å²) in [5.41, 5.74) is 0.260. The number of carbonyl (C=O) groups excluding carboxylic acids is 2. The summed E-state index contributed by atoms with van der Waals surface area (Å²) in [5, 5.41) is 2.68. The predicted molar refractivity (Wildman–Crippen MR) is 77.7 cm³/mol. The second kappa shape index (κ2) is 7.52. The fourth-order valence-corrected chi connectivity index (χ4v) is 1.61. The fourth-order valence-electron chi connectivity index (χ4n) is 1.61. The second-order valence-electron chi connectivity index (χ2n) is 4.81. The topological polar surface area (TPSA) is 73.9 Å². The van der Waals surface area contributed by atoms with Crippen molar-refractivity contribution in [3.05, 3.63) is 23.8 Å². The highest BCUT2D eigenvalue weighted by molar-refractivity contribution is 5.93. The van der Waals surface area contributed by atoms with Crippen LogP contribution in [0, 0.1) is 0 Å². The summed E-state index contributed by atoms with van der Waals surface area (Å²) in [6, 6.07) is 4.68. The van der Waals surface area contributed by atoms with E-state index in [4.69, 9.17) is 14.2 Å². The molecule has 6 heteroatoms. The monoisotopic (exact) mass is 295 g/mol. The molecule has 0 heterocycles. The number of hydrogen-bond acceptors (Lipinski definition) is 5. The Morgan fingerprint density at radius 2 is 1.52 bits per heavy atom. The highest BCUT2D eigenvalue weighted by Gasteiger charge is 2.20. The lowest BCUT2D eigenvalue weighted by molar-refractivity contribution is -0.129. The van der Waals surface area contributed by atoms with Gasteiger partial charge in [0.25, 0.3) is 5.91 Å². The lowest BCUT2D eigenvalue weighted by Gasteiger charge is -2.16. The largest absolute Gasteiger partial charge is 0.497 e. The van der Waals surface area contributed by atoms with Crippen LogP contribution in [0.5, 0.6) is 11.5 Å². The van der Waals surface area contributed by atoms with Gasteiger partial charge in [-0.3, -0.25) is 4.79 Å². The number of carbonyl (C=O) groups is 2. The molecule has 6 nitrogen and oxygen atoms in total. The van der Waals surface area contributed by atoms with Crippen LogP contribution in [0.4, 0.5) is 0 Å². The summed E-state index contributed by atoms with van der Waals surface area (Å²) >= 11 is 0. The summed E-state index contributed by atoms with van der Waals surface area (Å²) in [5.74, 6) is -0.00649. The van der Waals surface area contributed by atoms with Crippen molar-refractivity contribution >= 4 is 11.9 Å². The molecule has 0 aromatic heterocycles. The number of esters is 1. The molecule has 1 atom stereocenters. The average Bonchev–Trinajstić information content (AvgIpc) is 2.45. The van der Waals surface area contributed by atoms with Gasteiger partial charge < -0.3 is 19.5 Å². The smallest absolute Gasteiger partial charge is 0.339 e. The van der Waals surface area contributed by atoms with Crippen LogP contribution >= 0.6 is 0 Å². The van der Waals surface area contributed by atoms with Crippen molar-refractivity contribution in [1.82, 2.24) is 5.32 Å². The van der Waals surface area contributed by atoms with Crippen LogP contribution in [0.2, 0.25) is 0 Å². The van der Waals surface area contributed by atoms with E-state index in [1.807, 2.05) is 13.8 Å². The minimum absolute atomic E-state index is 0.0180. The van der Waals surface area contributed by atoms with Crippen molar-refractivity contribution in [2.75, 3.05) is 14.2 Å². The van der Waals surface area contributed by atoms with E-state index in [9.17, 15) is 9.59 Å². The van der Waals surface area contributed by atoms with E-state index in [0.717, 1.165) is 0 Å². The first-order valence-electron chi connectivity index (χ1n) is 6.61. The minimum Gasteiger partial charge on any atom is -0.497 e. The molecule has 0 spiro atoms. The maximum absolute atomic E-state index is 12.1. The SMILES string of the molecule is COc1cc(OC)cc(C(=O)OC(C)C(=O)NC(C)C)c1. The highest BCUT2D eigenvalue weighted by Crippen LogP contribution is 2.23. The van der Waals surface area contributed by atoms with Crippen molar-refractivity contribution in [3.63, 3.8) is 0 Å². The van der Waals surface area contributed by atoms with Crippen LogP contribution in [-0.2, 0) is 9.53 Å². The fraction of sp³-hybridized carbons (Fsp3) is 0.467. The third kappa shape index (κ3) is 4.98. The van der Waals surface area contributed by atoms with Gasteiger partial charge in [-0.05, 0) is 32.9 Å². The van der Waals surface area contributed by atoms with Gasteiger partial charge in [-0.1, -0.05) is 0 Å². The summed E-state index contributed by atoms with van der Waals surface area (Å²) in [4.78, 5) is 23.8. The Kier molecular flexibility index (Phi) is 6.02. The van der Waals surface area contributed by atoms with Crippen LogP contribution in [0.1, 0.15) is 31.1 Å². The Morgan fingerprint density at radius 3 is 1.95 bits per heavy atom. The molecular formula is C15H21NO5. The lowest BCUT2D eigenvalue weighted by atomic mass is 10.2.